The third kappa shape index (κ3) is 4.23. The Labute approximate surface area is 178 Å². The minimum atomic E-state index is -0.0869. The van der Waals surface area contributed by atoms with Gasteiger partial charge in [0.2, 0.25) is 5.75 Å². The number of rotatable bonds is 7. The van der Waals surface area contributed by atoms with Gasteiger partial charge in [-0.25, -0.2) is 0 Å². The Hall–Kier alpha value is -1.99. The molecule has 0 spiro atoms. The molecule has 166 valence electrons. The molecule has 3 aliphatic rings. The van der Waals surface area contributed by atoms with Crippen molar-refractivity contribution in [2.75, 3.05) is 48.0 Å². The lowest BCUT2D eigenvalue weighted by molar-refractivity contribution is -0.0493. The van der Waals surface area contributed by atoms with Crippen LogP contribution in [0, 0.1) is 17.8 Å². The normalized spacial score (nSPS) is 28.5. The van der Waals surface area contributed by atoms with E-state index in [2.05, 4.69) is 19.0 Å². The summed E-state index contributed by atoms with van der Waals surface area (Å²) in [6.45, 7) is 2.38. The SMILES string of the molecule is COc1cc(C(=O)N2C[C@H]3C[C@@H](N(C)C)[C@H](OCC4CC4)C[C@H]3C2)cc(OC)c1O. The molecule has 1 aromatic rings. The second-order valence-corrected chi connectivity index (χ2v) is 9.28. The van der Waals surface area contributed by atoms with Gasteiger partial charge in [0.05, 0.1) is 20.3 Å². The van der Waals surface area contributed by atoms with Crippen LogP contribution in [-0.2, 0) is 4.74 Å². The summed E-state index contributed by atoms with van der Waals surface area (Å²) < 4.78 is 16.8. The molecule has 0 bridgehead atoms. The smallest absolute Gasteiger partial charge is 0.254 e. The van der Waals surface area contributed by atoms with Crippen molar-refractivity contribution < 1.29 is 24.1 Å². The van der Waals surface area contributed by atoms with Crippen LogP contribution >= 0.6 is 0 Å². The monoisotopic (exact) mass is 418 g/mol. The van der Waals surface area contributed by atoms with Crippen molar-refractivity contribution in [2.24, 2.45) is 17.8 Å². The number of methoxy groups -OCH3 is 2. The summed E-state index contributed by atoms with van der Waals surface area (Å²) in [5.41, 5.74) is 0.478. The summed E-state index contributed by atoms with van der Waals surface area (Å²) in [5, 5.41) is 10.1. The molecule has 1 saturated heterocycles. The molecule has 0 aromatic heterocycles. The number of carbonyl (C=O) groups excluding carboxylic acids is 1. The summed E-state index contributed by atoms with van der Waals surface area (Å²) in [5.74, 6) is 2.07. The summed E-state index contributed by atoms with van der Waals surface area (Å²) in [7, 11) is 7.20. The molecule has 1 amide bonds. The van der Waals surface area contributed by atoms with E-state index in [9.17, 15) is 9.90 Å². The molecule has 7 heteroatoms. The van der Waals surface area contributed by atoms with Gasteiger partial charge in [-0.15, -0.1) is 0 Å². The van der Waals surface area contributed by atoms with Crippen molar-refractivity contribution in [3.05, 3.63) is 17.7 Å². The summed E-state index contributed by atoms with van der Waals surface area (Å²) in [6.07, 6.45) is 4.90. The molecule has 4 atom stereocenters. The first-order valence-electron chi connectivity index (χ1n) is 10.9. The molecule has 30 heavy (non-hydrogen) atoms. The number of phenols is 1. The zero-order valence-electron chi connectivity index (χ0n) is 18.5. The van der Waals surface area contributed by atoms with Gasteiger partial charge < -0.3 is 29.1 Å². The van der Waals surface area contributed by atoms with E-state index < -0.39 is 0 Å². The number of aromatic hydroxyl groups is 1. The molecule has 0 unspecified atom stereocenters. The minimum Gasteiger partial charge on any atom is -0.502 e. The Morgan fingerprint density at radius 1 is 1.10 bits per heavy atom. The predicted molar refractivity (Wildman–Crippen MR) is 113 cm³/mol. The maximum absolute atomic E-state index is 13.2. The van der Waals surface area contributed by atoms with Gasteiger partial charge in [-0.1, -0.05) is 0 Å². The molecule has 7 nitrogen and oxygen atoms in total. The van der Waals surface area contributed by atoms with E-state index in [0.717, 1.165) is 38.5 Å². The molecule has 2 saturated carbocycles. The number of nitrogens with zero attached hydrogens (tertiary/aromatic N) is 2. The number of amides is 1. The van der Waals surface area contributed by atoms with Gasteiger partial charge in [-0.2, -0.15) is 0 Å². The average molecular weight is 419 g/mol. The largest absolute Gasteiger partial charge is 0.502 e. The number of hydrogen-bond donors (Lipinski definition) is 1. The number of carbonyl (C=O) groups is 1. The van der Waals surface area contributed by atoms with Gasteiger partial charge in [-0.3, -0.25) is 4.79 Å². The van der Waals surface area contributed by atoms with Crippen molar-refractivity contribution in [2.45, 2.75) is 37.8 Å². The van der Waals surface area contributed by atoms with Crippen LogP contribution < -0.4 is 9.47 Å². The van der Waals surface area contributed by atoms with Gasteiger partial charge in [0.15, 0.2) is 11.5 Å². The lowest BCUT2D eigenvalue weighted by atomic mass is 9.77. The molecular formula is C23H34N2O5. The van der Waals surface area contributed by atoms with Crippen molar-refractivity contribution in [1.29, 1.82) is 0 Å². The van der Waals surface area contributed by atoms with E-state index in [4.69, 9.17) is 14.2 Å². The number of hydrogen-bond acceptors (Lipinski definition) is 6. The molecule has 3 fully saturated rings. The number of ether oxygens (including phenoxy) is 3. The lowest BCUT2D eigenvalue weighted by Gasteiger charge is -2.41. The number of benzene rings is 1. The molecule has 1 N–H and O–H groups in total. The second kappa shape index (κ2) is 8.63. The molecular weight excluding hydrogens is 384 g/mol. The summed E-state index contributed by atoms with van der Waals surface area (Å²) in [6, 6.07) is 3.58. The van der Waals surface area contributed by atoms with Gasteiger partial charge >= 0.3 is 0 Å². The lowest BCUT2D eigenvalue weighted by Crippen LogP contribution is -2.48. The van der Waals surface area contributed by atoms with Crippen LogP contribution in [0.15, 0.2) is 12.1 Å². The second-order valence-electron chi connectivity index (χ2n) is 9.28. The average Bonchev–Trinajstić information content (AvgIpc) is 3.48. The highest BCUT2D eigenvalue weighted by atomic mass is 16.5. The van der Waals surface area contributed by atoms with Gasteiger partial charge in [0, 0.05) is 31.3 Å². The fourth-order valence-corrected chi connectivity index (χ4v) is 5.02. The summed E-state index contributed by atoms with van der Waals surface area (Å²) in [4.78, 5) is 17.5. The van der Waals surface area contributed by atoms with Gasteiger partial charge in [-0.05, 0) is 69.7 Å². The Morgan fingerprint density at radius 3 is 2.23 bits per heavy atom. The first-order chi connectivity index (χ1) is 14.4. The Kier molecular flexibility index (Phi) is 6.11. The van der Waals surface area contributed by atoms with Crippen LogP contribution in [-0.4, -0.2) is 81.0 Å². The van der Waals surface area contributed by atoms with E-state index in [1.54, 1.807) is 12.1 Å². The van der Waals surface area contributed by atoms with E-state index in [1.165, 1.54) is 27.1 Å². The Bertz CT molecular complexity index is 754. The maximum atomic E-state index is 13.2. The molecule has 1 aliphatic heterocycles. The van der Waals surface area contributed by atoms with Crippen molar-refractivity contribution in [3.8, 4) is 17.2 Å². The summed E-state index contributed by atoms with van der Waals surface area (Å²) >= 11 is 0. The van der Waals surface area contributed by atoms with Crippen LogP contribution in [0.2, 0.25) is 0 Å². The fourth-order valence-electron chi connectivity index (χ4n) is 5.02. The van der Waals surface area contributed by atoms with Crippen LogP contribution in [0.3, 0.4) is 0 Å². The van der Waals surface area contributed by atoms with Crippen molar-refractivity contribution >= 4 is 5.91 Å². The van der Waals surface area contributed by atoms with Crippen molar-refractivity contribution in [1.82, 2.24) is 9.80 Å². The zero-order chi connectivity index (χ0) is 21.4. The molecule has 0 radical (unpaired) electrons. The van der Waals surface area contributed by atoms with E-state index in [0.29, 0.717) is 23.4 Å². The fraction of sp³-hybridized carbons (Fsp3) is 0.696. The molecule has 4 rings (SSSR count). The Balaban J connectivity index is 1.47. The highest BCUT2D eigenvalue weighted by molar-refractivity contribution is 5.95. The molecule has 2 aliphatic carbocycles. The van der Waals surface area contributed by atoms with Crippen LogP contribution in [0.25, 0.3) is 0 Å². The first kappa shape index (κ1) is 21.2. The highest BCUT2D eigenvalue weighted by Gasteiger charge is 2.45. The third-order valence-corrected chi connectivity index (χ3v) is 7.01. The standard InChI is InChI=1S/C23H34N2O5/c1-24(2)18-7-16-11-25(12-17(16)10-19(18)30-13-14-5-6-14)23(27)15-8-20(28-3)22(26)21(9-15)29-4/h8-9,14,16-19,26H,5-7,10-13H2,1-4H3/t16-,17+,18-,19-/m1/s1. The topological polar surface area (TPSA) is 71.5 Å². The molecule has 1 aromatic carbocycles. The van der Waals surface area contributed by atoms with Crippen LogP contribution in [0.4, 0.5) is 0 Å². The molecule has 1 heterocycles. The first-order valence-corrected chi connectivity index (χ1v) is 10.9. The van der Waals surface area contributed by atoms with Gasteiger partial charge in [0.25, 0.3) is 5.91 Å². The minimum absolute atomic E-state index is 0.0437. The van der Waals surface area contributed by atoms with E-state index in [-0.39, 0.29) is 29.3 Å². The predicted octanol–water partition coefficient (Wildman–Crippen LogP) is 2.62. The number of likely N-dealkylation sites (tertiary alicyclic amines) is 1. The number of likely N-dealkylation sites (N-methyl/N-ethyl adjacent to an activating group) is 1. The van der Waals surface area contributed by atoms with E-state index >= 15 is 0 Å². The number of phenolic OH excluding ortho intramolecular Hbond substituents is 1. The maximum Gasteiger partial charge on any atom is 0.254 e. The third-order valence-electron chi connectivity index (χ3n) is 7.01. The Morgan fingerprint density at radius 2 is 1.70 bits per heavy atom. The van der Waals surface area contributed by atoms with Crippen LogP contribution in [0.1, 0.15) is 36.0 Å². The number of fused-ring (bicyclic) bond motifs is 1. The zero-order valence-corrected chi connectivity index (χ0v) is 18.5. The van der Waals surface area contributed by atoms with Crippen LogP contribution in [0.5, 0.6) is 17.2 Å². The highest BCUT2D eigenvalue weighted by Crippen LogP contribution is 2.42. The quantitative estimate of drug-likeness (QED) is 0.734. The van der Waals surface area contributed by atoms with Crippen molar-refractivity contribution in [3.63, 3.8) is 0 Å². The van der Waals surface area contributed by atoms with E-state index in [1.807, 2.05) is 4.90 Å². The van der Waals surface area contributed by atoms with Gasteiger partial charge in [0.1, 0.15) is 0 Å².